The van der Waals surface area contributed by atoms with E-state index in [1.165, 1.54) is 0 Å². The topological polar surface area (TPSA) is 86.6 Å². The monoisotopic (exact) mass is 215 g/mol. The first-order valence-electron chi connectivity index (χ1n) is 5.28. The molecule has 0 aromatic rings. The number of hydrogen-bond donors (Lipinski definition) is 3. The predicted octanol–water partition coefficient (Wildman–Crippen LogP) is -0.0141. The summed E-state index contributed by atoms with van der Waals surface area (Å²) in [6.45, 7) is 0.450. The standard InChI is InChI=1S/C10H17NO4/c12-6-2-5-11-9(13)7-3-1-4-8(7)10(14)15/h7-8,12H,1-6H2,(H,11,13)(H,14,15). The van der Waals surface area contributed by atoms with Gasteiger partial charge in [-0.1, -0.05) is 6.42 Å². The third-order valence-electron chi connectivity index (χ3n) is 2.80. The summed E-state index contributed by atoms with van der Waals surface area (Å²) in [7, 11) is 0. The smallest absolute Gasteiger partial charge is 0.307 e. The van der Waals surface area contributed by atoms with Gasteiger partial charge in [-0.3, -0.25) is 9.59 Å². The lowest BCUT2D eigenvalue weighted by atomic mass is 9.95. The molecule has 15 heavy (non-hydrogen) atoms. The molecule has 0 bridgehead atoms. The van der Waals surface area contributed by atoms with Gasteiger partial charge in [-0.25, -0.2) is 0 Å². The molecule has 0 saturated heterocycles. The molecule has 5 heteroatoms. The minimum atomic E-state index is -0.880. The summed E-state index contributed by atoms with van der Waals surface area (Å²) in [6, 6.07) is 0. The van der Waals surface area contributed by atoms with Gasteiger partial charge in [0.15, 0.2) is 0 Å². The fourth-order valence-corrected chi connectivity index (χ4v) is 1.99. The van der Waals surface area contributed by atoms with Crippen LogP contribution < -0.4 is 5.32 Å². The highest BCUT2D eigenvalue weighted by atomic mass is 16.4. The Morgan fingerprint density at radius 1 is 1.27 bits per heavy atom. The van der Waals surface area contributed by atoms with Crippen molar-refractivity contribution in [3.63, 3.8) is 0 Å². The Balaban J connectivity index is 2.40. The fraction of sp³-hybridized carbons (Fsp3) is 0.800. The maximum atomic E-state index is 11.6. The van der Waals surface area contributed by atoms with Gasteiger partial charge in [0.1, 0.15) is 0 Å². The molecule has 1 rings (SSSR count). The highest BCUT2D eigenvalue weighted by molar-refractivity contribution is 5.85. The predicted molar refractivity (Wildman–Crippen MR) is 53.2 cm³/mol. The van der Waals surface area contributed by atoms with Crippen LogP contribution in [0, 0.1) is 11.8 Å². The number of nitrogens with one attached hydrogen (secondary N) is 1. The number of aliphatic hydroxyl groups excluding tert-OH is 1. The van der Waals surface area contributed by atoms with Crippen molar-refractivity contribution < 1.29 is 19.8 Å². The number of aliphatic hydroxyl groups is 1. The molecule has 3 N–H and O–H groups in total. The minimum Gasteiger partial charge on any atom is -0.481 e. The zero-order chi connectivity index (χ0) is 11.3. The Hall–Kier alpha value is -1.10. The third-order valence-corrected chi connectivity index (χ3v) is 2.80. The second-order valence-corrected chi connectivity index (χ2v) is 3.85. The number of carbonyl (C=O) groups is 2. The SMILES string of the molecule is O=C(O)C1CCCC1C(=O)NCCCO. The van der Waals surface area contributed by atoms with Crippen LogP contribution in [0.3, 0.4) is 0 Å². The average Bonchev–Trinajstić information content (AvgIpc) is 2.66. The van der Waals surface area contributed by atoms with Crippen LogP contribution in [0.5, 0.6) is 0 Å². The summed E-state index contributed by atoms with van der Waals surface area (Å²) in [5.41, 5.74) is 0. The van der Waals surface area contributed by atoms with Gasteiger partial charge in [-0.05, 0) is 19.3 Å². The maximum absolute atomic E-state index is 11.6. The normalized spacial score (nSPS) is 25.1. The van der Waals surface area contributed by atoms with Gasteiger partial charge in [-0.15, -0.1) is 0 Å². The summed E-state index contributed by atoms with van der Waals surface area (Å²) in [5, 5.41) is 20.1. The van der Waals surface area contributed by atoms with Crippen molar-refractivity contribution >= 4 is 11.9 Å². The molecule has 1 saturated carbocycles. The van der Waals surface area contributed by atoms with E-state index >= 15 is 0 Å². The van der Waals surface area contributed by atoms with Crippen molar-refractivity contribution in [2.75, 3.05) is 13.2 Å². The van der Waals surface area contributed by atoms with E-state index in [1.807, 2.05) is 0 Å². The third kappa shape index (κ3) is 3.20. The van der Waals surface area contributed by atoms with Crippen LogP contribution >= 0.6 is 0 Å². The molecule has 0 heterocycles. The van der Waals surface area contributed by atoms with Gasteiger partial charge < -0.3 is 15.5 Å². The number of hydrogen-bond acceptors (Lipinski definition) is 3. The number of carboxylic acid groups (broad SMARTS) is 1. The first kappa shape index (κ1) is 12.0. The zero-order valence-electron chi connectivity index (χ0n) is 8.61. The molecule has 86 valence electrons. The molecule has 2 atom stereocenters. The van der Waals surface area contributed by atoms with Crippen molar-refractivity contribution in [2.45, 2.75) is 25.7 Å². The first-order chi connectivity index (χ1) is 7.16. The van der Waals surface area contributed by atoms with Gasteiger partial charge in [0.05, 0.1) is 11.8 Å². The Morgan fingerprint density at radius 2 is 1.93 bits per heavy atom. The molecule has 0 aliphatic heterocycles. The van der Waals surface area contributed by atoms with E-state index in [0.717, 1.165) is 6.42 Å². The number of aliphatic carboxylic acids is 1. The first-order valence-corrected chi connectivity index (χ1v) is 5.28. The van der Waals surface area contributed by atoms with E-state index in [2.05, 4.69) is 5.32 Å². The molecule has 0 radical (unpaired) electrons. The lowest BCUT2D eigenvalue weighted by molar-refractivity contribution is -0.146. The van der Waals surface area contributed by atoms with Gasteiger partial charge in [0, 0.05) is 13.2 Å². The Bertz CT molecular complexity index is 242. The van der Waals surface area contributed by atoms with Crippen LogP contribution in [0.15, 0.2) is 0 Å². The van der Waals surface area contributed by atoms with E-state index in [9.17, 15) is 9.59 Å². The number of carbonyl (C=O) groups excluding carboxylic acids is 1. The summed E-state index contributed by atoms with van der Waals surface area (Å²) in [5.74, 6) is -1.98. The molecule has 0 spiro atoms. The van der Waals surface area contributed by atoms with Gasteiger partial charge in [-0.2, -0.15) is 0 Å². The second-order valence-electron chi connectivity index (χ2n) is 3.85. The van der Waals surface area contributed by atoms with Crippen molar-refractivity contribution in [1.82, 2.24) is 5.32 Å². The van der Waals surface area contributed by atoms with Gasteiger partial charge >= 0.3 is 5.97 Å². The molecule has 1 aliphatic rings. The van der Waals surface area contributed by atoms with Crippen LogP contribution in [0.25, 0.3) is 0 Å². The van der Waals surface area contributed by atoms with Crippen LogP contribution in [0.1, 0.15) is 25.7 Å². The summed E-state index contributed by atoms with van der Waals surface area (Å²) >= 11 is 0. The highest BCUT2D eigenvalue weighted by Crippen LogP contribution is 2.31. The molecule has 2 unspecified atom stereocenters. The molecule has 5 nitrogen and oxygen atoms in total. The van der Waals surface area contributed by atoms with Crippen molar-refractivity contribution in [1.29, 1.82) is 0 Å². The van der Waals surface area contributed by atoms with Crippen molar-refractivity contribution in [2.24, 2.45) is 11.8 Å². The van der Waals surface area contributed by atoms with Crippen LogP contribution in [-0.4, -0.2) is 35.2 Å². The molecule has 1 fully saturated rings. The van der Waals surface area contributed by atoms with E-state index in [-0.39, 0.29) is 18.4 Å². The molecule has 0 aromatic heterocycles. The van der Waals surface area contributed by atoms with Crippen molar-refractivity contribution in [3.8, 4) is 0 Å². The number of rotatable bonds is 5. The largest absolute Gasteiger partial charge is 0.481 e. The average molecular weight is 215 g/mol. The quantitative estimate of drug-likeness (QED) is 0.563. The van der Waals surface area contributed by atoms with Crippen molar-refractivity contribution in [3.05, 3.63) is 0 Å². The summed E-state index contributed by atoms with van der Waals surface area (Å²) in [6.07, 6.45) is 2.56. The molecule has 1 aliphatic carbocycles. The van der Waals surface area contributed by atoms with E-state index in [4.69, 9.17) is 10.2 Å². The maximum Gasteiger partial charge on any atom is 0.307 e. The minimum absolute atomic E-state index is 0.0350. The van der Waals surface area contributed by atoms with E-state index in [0.29, 0.717) is 25.8 Å². The fourth-order valence-electron chi connectivity index (χ4n) is 1.99. The van der Waals surface area contributed by atoms with E-state index in [1.54, 1.807) is 0 Å². The molecular weight excluding hydrogens is 198 g/mol. The lowest BCUT2D eigenvalue weighted by Crippen LogP contribution is -2.35. The summed E-state index contributed by atoms with van der Waals surface area (Å²) in [4.78, 5) is 22.4. The Morgan fingerprint density at radius 3 is 2.53 bits per heavy atom. The van der Waals surface area contributed by atoms with E-state index < -0.39 is 11.9 Å². The number of carboxylic acids is 1. The van der Waals surface area contributed by atoms with Crippen LogP contribution in [0.4, 0.5) is 0 Å². The van der Waals surface area contributed by atoms with Gasteiger partial charge in [0.2, 0.25) is 5.91 Å². The molecule has 1 amide bonds. The second kappa shape index (κ2) is 5.70. The van der Waals surface area contributed by atoms with Gasteiger partial charge in [0.25, 0.3) is 0 Å². The summed E-state index contributed by atoms with van der Waals surface area (Å²) < 4.78 is 0. The molecular formula is C10H17NO4. The molecule has 0 aromatic carbocycles. The van der Waals surface area contributed by atoms with Crippen LogP contribution in [0.2, 0.25) is 0 Å². The zero-order valence-corrected chi connectivity index (χ0v) is 8.61. The Kier molecular flexibility index (Phi) is 4.55. The lowest BCUT2D eigenvalue weighted by Gasteiger charge is -2.15. The number of amides is 1. The Labute approximate surface area is 88.5 Å². The van der Waals surface area contributed by atoms with Crippen LogP contribution in [-0.2, 0) is 9.59 Å². The highest BCUT2D eigenvalue weighted by Gasteiger charge is 2.37.